The van der Waals surface area contributed by atoms with Gasteiger partial charge in [0, 0.05) is 16.5 Å². The molecule has 0 unspecified atom stereocenters. The van der Waals surface area contributed by atoms with Crippen LogP contribution in [0.3, 0.4) is 0 Å². The number of aromatic hydroxyl groups is 4. The summed E-state index contributed by atoms with van der Waals surface area (Å²) in [6.07, 6.45) is 4.53. The molecule has 0 aliphatic heterocycles. The monoisotopic (exact) mass is 300 g/mol. The van der Waals surface area contributed by atoms with Crippen molar-refractivity contribution in [3.05, 3.63) is 47.5 Å². The normalized spacial score (nSPS) is 17.3. The van der Waals surface area contributed by atoms with Crippen molar-refractivity contribution in [3.63, 3.8) is 0 Å². The lowest BCUT2D eigenvalue weighted by Crippen LogP contribution is -2.30. The van der Waals surface area contributed by atoms with Gasteiger partial charge in [-0.2, -0.15) is 0 Å². The number of hydrogen-bond acceptors (Lipinski definition) is 4. The first kappa shape index (κ1) is 14.6. The minimum atomic E-state index is -0.593. The van der Waals surface area contributed by atoms with Gasteiger partial charge >= 0.3 is 0 Å². The molecule has 4 nitrogen and oxygen atoms in total. The fraction of sp³-hybridized carbons (Fsp3) is 0.333. The van der Waals surface area contributed by atoms with E-state index in [1.165, 1.54) is 12.1 Å². The van der Waals surface area contributed by atoms with Crippen molar-refractivity contribution in [2.45, 2.75) is 37.5 Å². The van der Waals surface area contributed by atoms with Crippen LogP contribution in [0.4, 0.5) is 0 Å². The average molecular weight is 300 g/mol. The summed E-state index contributed by atoms with van der Waals surface area (Å²) in [5, 5.41) is 40.4. The molecule has 0 saturated heterocycles. The van der Waals surface area contributed by atoms with Gasteiger partial charge in [0.25, 0.3) is 0 Å². The van der Waals surface area contributed by atoms with Crippen molar-refractivity contribution in [1.29, 1.82) is 0 Å². The Balaban J connectivity index is 2.25. The van der Waals surface area contributed by atoms with Gasteiger partial charge in [-0.25, -0.2) is 0 Å². The lowest BCUT2D eigenvalue weighted by atomic mass is 9.64. The molecule has 1 aliphatic carbocycles. The molecule has 0 atom stereocenters. The third-order valence-corrected chi connectivity index (χ3v) is 4.77. The number of phenols is 4. The second-order valence-electron chi connectivity index (χ2n) is 5.99. The summed E-state index contributed by atoms with van der Waals surface area (Å²) in [4.78, 5) is 0. The molecule has 0 aromatic heterocycles. The van der Waals surface area contributed by atoms with E-state index in [0.717, 1.165) is 32.1 Å². The van der Waals surface area contributed by atoms with Crippen LogP contribution in [0.15, 0.2) is 36.4 Å². The van der Waals surface area contributed by atoms with Crippen LogP contribution >= 0.6 is 0 Å². The maximum Gasteiger partial charge on any atom is 0.161 e. The smallest absolute Gasteiger partial charge is 0.161 e. The quantitative estimate of drug-likeness (QED) is 0.637. The summed E-state index contributed by atoms with van der Waals surface area (Å²) in [7, 11) is 0. The van der Waals surface area contributed by atoms with Crippen LogP contribution in [0.25, 0.3) is 0 Å². The van der Waals surface area contributed by atoms with Gasteiger partial charge in [0.05, 0.1) is 0 Å². The highest BCUT2D eigenvalue weighted by atomic mass is 16.3. The van der Waals surface area contributed by atoms with E-state index in [4.69, 9.17) is 0 Å². The number of para-hydroxylation sites is 2. The molecule has 0 radical (unpaired) electrons. The predicted molar refractivity (Wildman–Crippen MR) is 83.4 cm³/mol. The van der Waals surface area contributed by atoms with Crippen LogP contribution in [-0.4, -0.2) is 20.4 Å². The first-order valence-corrected chi connectivity index (χ1v) is 7.59. The lowest BCUT2D eigenvalue weighted by Gasteiger charge is -2.39. The molecule has 116 valence electrons. The largest absolute Gasteiger partial charge is 0.504 e. The fourth-order valence-electron chi connectivity index (χ4n) is 3.67. The van der Waals surface area contributed by atoms with E-state index in [2.05, 4.69) is 0 Å². The molecular weight excluding hydrogens is 280 g/mol. The summed E-state index contributed by atoms with van der Waals surface area (Å²) in [6.45, 7) is 0. The lowest BCUT2D eigenvalue weighted by molar-refractivity contribution is 0.310. The standard InChI is InChI=1S/C18H20O4/c19-14-8-4-6-12(16(14)21)18(10-2-1-3-11-18)13-7-5-9-15(20)17(13)22/h4-9,19-22H,1-3,10-11H2. The van der Waals surface area contributed by atoms with E-state index in [9.17, 15) is 20.4 Å². The molecule has 22 heavy (non-hydrogen) atoms. The van der Waals surface area contributed by atoms with E-state index in [0.29, 0.717) is 11.1 Å². The van der Waals surface area contributed by atoms with Crippen LogP contribution in [0.2, 0.25) is 0 Å². The van der Waals surface area contributed by atoms with Crippen LogP contribution in [-0.2, 0) is 5.41 Å². The zero-order valence-corrected chi connectivity index (χ0v) is 12.3. The molecule has 3 rings (SSSR count). The number of rotatable bonds is 2. The highest BCUT2D eigenvalue weighted by Gasteiger charge is 2.40. The van der Waals surface area contributed by atoms with Gasteiger partial charge in [0.15, 0.2) is 23.0 Å². The van der Waals surface area contributed by atoms with Gasteiger partial charge in [-0.1, -0.05) is 43.5 Å². The Hall–Kier alpha value is -2.36. The summed E-state index contributed by atoms with van der Waals surface area (Å²) < 4.78 is 0. The summed E-state index contributed by atoms with van der Waals surface area (Å²) in [5.74, 6) is -0.622. The first-order chi connectivity index (χ1) is 10.6. The molecule has 2 aromatic carbocycles. The molecule has 2 aromatic rings. The predicted octanol–water partition coefficient (Wildman–Crippen LogP) is 3.76. The Labute approximate surface area is 129 Å². The second-order valence-corrected chi connectivity index (χ2v) is 5.99. The molecule has 0 bridgehead atoms. The second kappa shape index (κ2) is 5.44. The third kappa shape index (κ3) is 2.15. The van der Waals surface area contributed by atoms with Crippen molar-refractivity contribution >= 4 is 0 Å². The number of phenolic OH excluding ortho intramolecular Hbond substituents is 4. The van der Waals surface area contributed by atoms with Crippen molar-refractivity contribution in [1.82, 2.24) is 0 Å². The van der Waals surface area contributed by atoms with Gasteiger partial charge in [0.2, 0.25) is 0 Å². The van der Waals surface area contributed by atoms with Gasteiger partial charge in [0.1, 0.15) is 0 Å². The highest BCUT2D eigenvalue weighted by molar-refractivity contribution is 5.58. The average Bonchev–Trinajstić information content (AvgIpc) is 2.53. The van der Waals surface area contributed by atoms with Crippen LogP contribution < -0.4 is 0 Å². The van der Waals surface area contributed by atoms with E-state index < -0.39 is 5.41 Å². The molecule has 0 amide bonds. The SMILES string of the molecule is Oc1cccc(C2(c3cccc(O)c3O)CCCCC2)c1O. The Morgan fingerprint density at radius 3 is 1.55 bits per heavy atom. The van der Waals surface area contributed by atoms with E-state index >= 15 is 0 Å². The Kier molecular flexibility index (Phi) is 3.61. The van der Waals surface area contributed by atoms with Crippen molar-refractivity contribution < 1.29 is 20.4 Å². The maximum atomic E-state index is 10.3. The molecule has 1 saturated carbocycles. The van der Waals surface area contributed by atoms with E-state index in [-0.39, 0.29) is 23.0 Å². The highest BCUT2D eigenvalue weighted by Crippen LogP contribution is 2.52. The van der Waals surface area contributed by atoms with Gasteiger partial charge in [-0.05, 0) is 25.0 Å². The summed E-state index contributed by atoms with van der Waals surface area (Å²) in [6, 6.07) is 9.84. The van der Waals surface area contributed by atoms with Gasteiger partial charge in [-0.15, -0.1) is 0 Å². The van der Waals surface area contributed by atoms with Crippen molar-refractivity contribution in [2.24, 2.45) is 0 Å². The zero-order valence-electron chi connectivity index (χ0n) is 12.3. The molecule has 1 fully saturated rings. The molecule has 4 heteroatoms. The third-order valence-electron chi connectivity index (χ3n) is 4.77. The van der Waals surface area contributed by atoms with Gasteiger partial charge in [-0.3, -0.25) is 0 Å². The first-order valence-electron chi connectivity index (χ1n) is 7.59. The van der Waals surface area contributed by atoms with Gasteiger partial charge < -0.3 is 20.4 Å². The molecule has 0 heterocycles. The number of benzene rings is 2. The van der Waals surface area contributed by atoms with Crippen LogP contribution in [0.1, 0.15) is 43.2 Å². The molecule has 4 N–H and O–H groups in total. The van der Waals surface area contributed by atoms with E-state index in [1.54, 1.807) is 24.3 Å². The zero-order chi connectivity index (χ0) is 15.7. The minimum absolute atomic E-state index is 0.146. The topological polar surface area (TPSA) is 80.9 Å². The van der Waals surface area contributed by atoms with Crippen LogP contribution in [0, 0.1) is 0 Å². The Morgan fingerprint density at radius 1 is 0.636 bits per heavy atom. The molecule has 1 aliphatic rings. The summed E-state index contributed by atoms with van der Waals surface area (Å²) >= 11 is 0. The van der Waals surface area contributed by atoms with Crippen molar-refractivity contribution in [3.8, 4) is 23.0 Å². The van der Waals surface area contributed by atoms with Crippen molar-refractivity contribution in [2.75, 3.05) is 0 Å². The summed E-state index contributed by atoms with van der Waals surface area (Å²) in [5.41, 5.74) is 0.616. The molecular formula is C18H20O4. The van der Waals surface area contributed by atoms with Crippen LogP contribution in [0.5, 0.6) is 23.0 Å². The fourth-order valence-corrected chi connectivity index (χ4v) is 3.67. The Bertz CT molecular complexity index is 634. The Morgan fingerprint density at radius 2 is 1.09 bits per heavy atom. The number of hydrogen-bond donors (Lipinski definition) is 4. The van der Waals surface area contributed by atoms with E-state index in [1.807, 2.05) is 0 Å². The maximum absolute atomic E-state index is 10.3. The molecule has 0 spiro atoms. The minimum Gasteiger partial charge on any atom is -0.504 e.